The Morgan fingerprint density at radius 2 is 2.09 bits per heavy atom. The van der Waals surface area contributed by atoms with E-state index in [1.165, 1.54) is 6.20 Å². The molecule has 22 heavy (non-hydrogen) atoms. The van der Waals surface area contributed by atoms with Crippen LogP contribution in [0, 0.1) is 18.3 Å². The van der Waals surface area contributed by atoms with Gasteiger partial charge < -0.3 is 4.74 Å². The summed E-state index contributed by atoms with van der Waals surface area (Å²) in [6.45, 7) is 7.29. The van der Waals surface area contributed by atoms with E-state index in [9.17, 15) is 10.1 Å². The van der Waals surface area contributed by atoms with Crippen LogP contribution in [0.25, 0.3) is 10.9 Å². The number of carbonyl (C=O) groups is 1. The molecule has 0 unspecified atom stereocenters. The average molecular weight is 362 g/mol. The molecule has 2 aromatic rings. The standard InChI is InChI=1S/C16H16BrN3O2/c1-9-5-6-11-13(20-15(21)22-16(2,3)4)10(7-18)8-19-14(11)12(9)17/h5-6,8H,1-4H3,(H,19,20,21). The number of ether oxygens (including phenoxy) is 1. The first-order valence-corrected chi connectivity index (χ1v) is 7.50. The fraction of sp³-hybridized carbons (Fsp3) is 0.312. The van der Waals surface area contributed by atoms with E-state index in [-0.39, 0.29) is 5.56 Å². The maximum Gasteiger partial charge on any atom is 0.412 e. The van der Waals surface area contributed by atoms with Crippen molar-refractivity contribution in [1.82, 2.24) is 4.98 Å². The van der Waals surface area contributed by atoms with E-state index in [1.54, 1.807) is 20.8 Å². The number of fused-ring (bicyclic) bond motifs is 1. The Hall–Kier alpha value is -2.13. The molecule has 1 N–H and O–H groups in total. The topological polar surface area (TPSA) is 75.0 Å². The van der Waals surface area contributed by atoms with Gasteiger partial charge in [-0.15, -0.1) is 0 Å². The van der Waals surface area contributed by atoms with Gasteiger partial charge >= 0.3 is 6.09 Å². The van der Waals surface area contributed by atoms with E-state index in [1.807, 2.05) is 25.1 Å². The number of nitriles is 1. The van der Waals surface area contributed by atoms with Gasteiger partial charge in [0.05, 0.1) is 16.8 Å². The summed E-state index contributed by atoms with van der Waals surface area (Å²) in [5.41, 5.74) is 1.78. The average Bonchev–Trinajstić information content (AvgIpc) is 2.41. The molecule has 6 heteroatoms. The molecule has 0 aliphatic rings. The summed E-state index contributed by atoms with van der Waals surface area (Å²) in [7, 11) is 0. The molecule has 0 saturated heterocycles. The number of amides is 1. The number of aryl methyl sites for hydroxylation is 1. The van der Waals surface area contributed by atoms with Crippen LogP contribution in [0.3, 0.4) is 0 Å². The first kappa shape index (κ1) is 16.2. The predicted octanol–water partition coefficient (Wildman–Crippen LogP) is 4.52. The van der Waals surface area contributed by atoms with Crippen LogP contribution >= 0.6 is 15.9 Å². The normalized spacial score (nSPS) is 11.1. The summed E-state index contributed by atoms with van der Waals surface area (Å²) >= 11 is 3.49. The molecule has 2 rings (SSSR count). The van der Waals surface area contributed by atoms with Gasteiger partial charge in [-0.05, 0) is 49.2 Å². The van der Waals surface area contributed by atoms with E-state index in [0.717, 1.165) is 10.0 Å². The van der Waals surface area contributed by atoms with Crippen molar-refractivity contribution in [2.24, 2.45) is 0 Å². The lowest BCUT2D eigenvalue weighted by molar-refractivity contribution is 0.0636. The van der Waals surface area contributed by atoms with Gasteiger partial charge in [0.1, 0.15) is 11.7 Å². The molecule has 1 heterocycles. The van der Waals surface area contributed by atoms with Crippen LogP contribution in [0.4, 0.5) is 10.5 Å². The molecule has 5 nitrogen and oxygen atoms in total. The summed E-state index contributed by atoms with van der Waals surface area (Å²) in [6.07, 6.45) is 0.840. The van der Waals surface area contributed by atoms with Crippen molar-refractivity contribution in [2.75, 3.05) is 5.32 Å². The fourth-order valence-corrected chi connectivity index (χ4v) is 2.41. The molecule has 0 bridgehead atoms. The molecule has 1 amide bonds. The summed E-state index contributed by atoms with van der Waals surface area (Å²) < 4.78 is 6.09. The van der Waals surface area contributed by atoms with Gasteiger partial charge in [-0.25, -0.2) is 4.79 Å². The van der Waals surface area contributed by atoms with Crippen LogP contribution in [0.15, 0.2) is 22.8 Å². The third kappa shape index (κ3) is 3.37. The molecular weight excluding hydrogens is 346 g/mol. The smallest absolute Gasteiger partial charge is 0.412 e. The highest BCUT2D eigenvalue weighted by Gasteiger charge is 2.19. The maximum absolute atomic E-state index is 12.0. The molecule has 114 valence electrons. The van der Waals surface area contributed by atoms with Crippen molar-refractivity contribution in [1.29, 1.82) is 5.26 Å². The summed E-state index contributed by atoms with van der Waals surface area (Å²) in [4.78, 5) is 16.3. The number of nitrogens with zero attached hydrogens (tertiary/aromatic N) is 2. The zero-order chi connectivity index (χ0) is 16.5. The molecular formula is C16H16BrN3O2. The number of hydrogen-bond donors (Lipinski definition) is 1. The first-order valence-electron chi connectivity index (χ1n) is 6.71. The highest BCUT2D eigenvalue weighted by molar-refractivity contribution is 9.10. The van der Waals surface area contributed by atoms with E-state index in [4.69, 9.17) is 4.74 Å². The Balaban J connectivity index is 2.54. The largest absolute Gasteiger partial charge is 0.444 e. The lowest BCUT2D eigenvalue weighted by Gasteiger charge is -2.20. The van der Waals surface area contributed by atoms with Crippen molar-refractivity contribution in [3.8, 4) is 6.07 Å². The second-order valence-corrected chi connectivity index (χ2v) is 6.67. The fourth-order valence-electron chi connectivity index (χ4n) is 1.96. The third-order valence-electron chi connectivity index (χ3n) is 2.92. The minimum Gasteiger partial charge on any atom is -0.444 e. The van der Waals surface area contributed by atoms with Gasteiger partial charge in [-0.2, -0.15) is 5.26 Å². The number of rotatable bonds is 1. The Kier molecular flexibility index (Phi) is 4.38. The summed E-state index contributed by atoms with van der Waals surface area (Å²) in [5.74, 6) is 0. The van der Waals surface area contributed by atoms with Crippen LogP contribution in [0.5, 0.6) is 0 Å². The summed E-state index contributed by atoms with van der Waals surface area (Å²) in [5, 5.41) is 12.6. The molecule has 0 aliphatic carbocycles. The van der Waals surface area contributed by atoms with Gasteiger partial charge in [0, 0.05) is 16.1 Å². The second-order valence-electron chi connectivity index (χ2n) is 5.88. The zero-order valence-electron chi connectivity index (χ0n) is 12.8. The van der Waals surface area contributed by atoms with Crippen LogP contribution in [-0.4, -0.2) is 16.7 Å². The molecule has 0 spiro atoms. The predicted molar refractivity (Wildman–Crippen MR) is 88.8 cm³/mol. The quantitative estimate of drug-likeness (QED) is 0.809. The molecule has 0 radical (unpaired) electrons. The zero-order valence-corrected chi connectivity index (χ0v) is 14.4. The van der Waals surface area contributed by atoms with E-state index in [0.29, 0.717) is 16.6 Å². The van der Waals surface area contributed by atoms with Crippen LogP contribution in [0.2, 0.25) is 0 Å². The SMILES string of the molecule is Cc1ccc2c(NC(=O)OC(C)(C)C)c(C#N)cnc2c1Br. The van der Waals surface area contributed by atoms with Crippen LogP contribution in [0.1, 0.15) is 31.9 Å². The minimum atomic E-state index is -0.614. The van der Waals surface area contributed by atoms with Gasteiger partial charge in [-0.1, -0.05) is 12.1 Å². The Morgan fingerprint density at radius 3 is 2.68 bits per heavy atom. The van der Waals surface area contributed by atoms with Crippen molar-refractivity contribution >= 4 is 38.6 Å². The first-order chi connectivity index (χ1) is 10.2. The highest BCUT2D eigenvalue weighted by Crippen LogP contribution is 2.32. The molecule has 0 atom stereocenters. The minimum absolute atomic E-state index is 0.286. The molecule has 1 aromatic heterocycles. The molecule has 0 saturated carbocycles. The Morgan fingerprint density at radius 1 is 1.41 bits per heavy atom. The van der Waals surface area contributed by atoms with Crippen molar-refractivity contribution in [2.45, 2.75) is 33.3 Å². The van der Waals surface area contributed by atoms with Crippen LogP contribution < -0.4 is 5.32 Å². The monoisotopic (exact) mass is 361 g/mol. The number of anilines is 1. The third-order valence-corrected chi connectivity index (χ3v) is 3.92. The van der Waals surface area contributed by atoms with E-state index < -0.39 is 11.7 Å². The summed E-state index contributed by atoms with van der Waals surface area (Å²) in [6, 6.07) is 5.77. The van der Waals surface area contributed by atoms with Crippen molar-refractivity contribution in [3.05, 3.63) is 33.9 Å². The maximum atomic E-state index is 12.0. The number of benzene rings is 1. The lowest BCUT2D eigenvalue weighted by Crippen LogP contribution is -2.27. The number of nitrogens with one attached hydrogen (secondary N) is 1. The second kappa shape index (κ2) is 5.93. The highest BCUT2D eigenvalue weighted by atomic mass is 79.9. The molecule has 0 fully saturated rings. The van der Waals surface area contributed by atoms with Gasteiger partial charge in [0.2, 0.25) is 0 Å². The van der Waals surface area contributed by atoms with E-state index in [2.05, 4.69) is 26.2 Å². The number of carbonyl (C=O) groups excluding carboxylic acids is 1. The van der Waals surface area contributed by atoms with Crippen molar-refractivity contribution in [3.63, 3.8) is 0 Å². The lowest BCUT2D eigenvalue weighted by atomic mass is 10.1. The number of halogens is 1. The molecule has 0 aliphatic heterocycles. The Labute approximate surface area is 137 Å². The van der Waals surface area contributed by atoms with Gasteiger partial charge in [-0.3, -0.25) is 10.3 Å². The number of hydrogen-bond acceptors (Lipinski definition) is 4. The Bertz CT molecular complexity index is 789. The molecule has 1 aromatic carbocycles. The number of pyridine rings is 1. The van der Waals surface area contributed by atoms with Crippen molar-refractivity contribution < 1.29 is 9.53 Å². The van der Waals surface area contributed by atoms with Gasteiger partial charge in [0.25, 0.3) is 0 Å². The van der Waals surface area contributed by atoms with Gasteiger partial charge in [0.15, 0.2) is 0 Å². The van der Waals surface area contributed by atoms with E-state index >= 15 is 0 Å². The number of aromatic nitrogens is 1. The van der Waals surface area contributed by atoms with Crippen LogP contribution in [-0.2, 0) is 4.74 Å².